The number of nitrogens with zero attached hydrogens (tertiary/aromatic N) is 1. The van der Waals surface area contributed by atoms with Crippen molar-refractivity contribution < 1.29 is 28.7 Å². The van der Waals surface area contributed by atoms with E-state index >= 15 is 0 Å². The van der Waals surface area contributed by atoms with Crippen LogP contribution < -0.4 is 10.6 Å². The molecule has 0 aliphatic carbocycles. The molecule has 0 saturated carbocycles. The first-order valence-corrected chi connectivity index (χ1v) is 14.6. The highest BCUT2D eigenvalue weighted by Gasteiger charge is 2.37. The van der Waals surface area contributed by atoms with Gasteiger partial charge in [0.15, 0.2) is 12.3 Å². The summed E-state index contributed by atoms with van der Waals surface area (Å²) in [5.41, 5.74) is -0.110. The average Bonchev–Trinajstić information content (AvgIpc) is 3.47. The molecule has 0 aromatic heterocycles. The van der Waals surface area contributed by atoms with Gasteiger partial charge in [-0.05, 0) is 50.7 Å². The first-order chi connectivity index (χ1) is 19.5. The Kier molecular flexibility index (Phi) is 11.7. The molecular formula is C32H45N3O6. The number of likely N-dealkylation sites (tertiary alicyclic amines) is 1. The normalized spacial score (nSPS) is 26.7. The molecule has 0 unspecified atom stereocenters. The van der Waals surface area contributed by atoms with Gasteiger partial charge < -0.3 is 20.1 Å². The number of carbonyl (C=O) groups excluding carboxylic acids is 4. The zero-order valence-corrected chi connectivity index (χ0v) is 24.9. The van der Waals surface area contributed by atoms with E-state index in [1.807, 2.05) is 68.2 Å². The molecule has 224 valence electrons. The van der Waals surface area contributed by atoms with Crippen molar-refractivity contribution in [2.45, 2.75) is 78.7 Å². The van der Waals surface area contributed by atoms with Gasteiger partial charge in [0.1, 0.15) is 6.10 Å². The number of cyclic esters (lactones) is 2. The van der Waals surface area contributed by atoms with Crippen molar-refractivity contribution in [2.24, 2.45) is 17.3 Å². The number of esters is 2. The van der Waals surface area contributed by atoms with Gasteiger partial charge in [0.2, 0.25) is 5.91 Å². The number of benzene rings is 1. The predicted octanol–water partition coefficient (Wildman–Crippen LogP) is 3.85. The molecule has 0 radical (unpaired) electrons. The van der Waals surface area contributed by atoms with Gasteiger partial charge in [0, 0.05) is 32.0 Å². The maximum atomic E-state index is 13.4. The smallest absolute Gasteiger partial charge is 0.347 e. The maximum absolute atomic E-state index is 13.4. The molecule has 2 amide bonds. The topological polar surface area (TPSA) is 114 Å². The van der Waals surface area contributed by atoms with Crippen LogP contribution in [0.5, 0.6) is 0 Å². The molecule has 3 rings (SSSR count). The number of hydrogen-bond donors (Lipinski definition) is 2. The van der Waals surface area contributed by atoms with E-state index in [1.165, 1.54) is 6.08 Å². The van der Waals surface area contributed by atoms with Crippen molar-refractivity contribution in [3.63, 3.8) is 0 Å². The van der Waals surface area contributed by atoms with Crippen LogP contribution in [0.2, 0.25) is 0 Å². The second-order valence-corrected chi connectivity index (χ2v) is 12.0. The fraction of sp³-hybridized carbons (Fsp3) is 0.562. The number of carbonyl (C=O) groups is 4. The van der Waals surface area contributed by atoms with Crippen molar-refractivity contribution in [1.82, 2.24) is 15.5 Å². The van der Waals surface area contributed by atoms with E-state index in [1.54, 1.807) is 19.9 Å². The van der Waals surface area contributed by atoms with E-state index in [0.717, 1.165) is 18.4 Å². The van der Waals surface area contributed by atoms with E-state index < -0.39 is 47.5 Å². The van der Waals surface area contributed by atoms with Crippen molar-refractivity contribution >= 4 is 29.8 Å². The summed E-state index contributed by atoms with van der Waals surface area (Å²) in [5, 5.41) is 5.61. The molecule has 2 N–H and O–H groups in total. The summed E-state index contributed by atoms with van der Waals surface area (Å²) in [6.45, 7) is 10.5. The molecule has 2 aliphatic rings. The molecule has 9 nitrogen and oxygen atoms in total. The lowest BCUT2D eigenvalue weighted by molar-refractivity contribution is -0.178. The van der Waals surface area contributed by atoms with E-state index in [2.05, 4.69) is 10.6 Å². The number of rotatable bonds is 6. The summed E-state index contributed by atoms with van der Waals surface area (Å²) in [4.78, 5) is 54.7. The van der Waals surface area contributed by atoms with Crippen LogP contribution in [0.15, 0.2) is 48.6 Å². The Bertz CT molecular complexity index is 1110. The van der Waals surface area contributed by atoms with Crippen LogP contribution in [0.1, 0.15) is 65.9 Å². The molecule has 9 heteroatoms. The lowest BCUT2D eigenvalue weighted by Gasteiger charge is -2.31. The summed E-state index contributed by atoms with van der Waals surface area (Å²) in [7, 11) is 0. The molecule has 1 saturated heterocycles. The van der Waals surface area contributed by atoms with Crippen LogP contribution >= 0.6 is 0 Å². The van der Waals surface area contributed by atoms with E-state index in [4.69, 9.17) is 9.47 Å². The first-order valence-electron chi connectivity index (χ1n) is 14.6. The van der Waals surface area contributed by atoms with Crippen LogP contribution in [-0.2, 0) is 28.7 Å². The Morgan fingerprint density at radius 2 is 1.71 bits per heavy atom. The molecule has 1 aromatic carbocycles. The van der Waals surface area contributed by atoms with Gasteiger partial charge in [-0.25, -0.2) is 4.79 Å². The third-order valence-electron chi connectivity index (χ3n) is 7.37. The Hall–Kier alpha value is -3.46. The maximum Gasteiger partial charge on any atom is 0.347 e. The molecule has 41 heavy (non-hydrogen) atoms. The highest BCUT2D eigenvalue weighted by atomic mass is 16.6. The van der Waals surface area contributed by atoms with E-state index in [0.29, 0.717) is 19.5 Å². The molecule has 0 bridgehead atoms. The molecular weight excluding hydrogens is 522 g/mol. The monoisotopic (exact) mass is 567 g/mol. The third-order valence-corrected chi connectivity index (χ3v) is 7.37. The van der Waals surface area contributed by atoms with Gasteiger partial charge >= 0.3 is 11.9 Å². The molecule has 1 aromatic rings. The van der Waals surface area contributed by atoms with Crippen LogP contribution in [0.4, 0.5) is 0 Å². The minimum atomic E-state index is -1.12. The highest BCUT2D eigenvalue weighted by molar-refractivity contribution is 5.93. The van der Waals surface area contributed by atoms with E-state index in [9.17, 15) is 19.2 Å². The molecule has 1 fully saturated rings. The van der Waals surface area contributed by atoms with Gasteiger partial charge in [0.25, 0.3) is 5.91 Å². The lowest BCUT2D eigenvalue weighted by Crippen LogP contribution is -2.57. The van der Waals surface area contributed by atoms with Crippen molar-refractivity contribution in [1.29, 1.82) is 0 Å². The number of hydrogen-bond acceptors (Lipinski definition) is 7. The van der Waals surface area contributed by atoms with Crippen molar-refractivity contribution in [2.75, 3.05) is 19.6 Å². The van der Waals surface area contributed by atoms with Gasteiger partial charge in [-0.15, -0.1) is 0 Å². The predicted molar refractivity (Wildman–Crippen MR) is 157 cm³/mol. The van der Waals surface area contributed by atoms with Crippen molar-refractivity contribution in [3.05, 3.63) is 54.1 Å². The van der Waals surface area contributed by atoms with Crippen LogP contribution in [-0.4, -0.2) is 66.7 Å². The SMILES string of the molecule is CC(C)C[C@@H]1OC(=O)C(C)(C)CNC(=O)[C@@H](N2CCCC2)NC(=O)/C=C/C[C@@H]([C@H](C)/C=C/c2ccccc2)OC1=O. The first kappa shape index (κ1) is 32.1. The Labute approximate surface area is 243 Å². The fourth-order valence-corrected chi connectivity index (χ4v) is 4.75. The average molecular weight is 568 g/mol. The molecule has 2 heterocycles. The molecule has 4 atom stereocenters. The van der Waals surface area contributed by atoms with Crippen LogP contribution in [0.25, 0.3) is 6.08 Å². The van der Waals surface area contributed by atoms with Gasteiger partial charge in [-0.2, -0.15) is 0 Å². The Balaban J connectivity index is 1.90. The quantitative estimate of drug-likeness (QED) is 0.502. The lowest BCUT2D eigenvalue weighted by atomic mass is 9.93. The minimum Gasteiger partial charge on any atom is -0.459 e. The Morgan fingerprint density at radius 1 is 1.02 bits per heavy atom. The van der Waals surface area contributed by atoms with Crippen molar-refractivity contribution in [3.8, 4) is 0 Å². The summed E-state index contributed by atoms with van der Waals surface area (Å²) in [6.07, 6.45) is 6.81. The molecule has 2 aliphatic heterocycles. The van der Waals surface area contributed by atoms with Gasteiger partial charge in [-0.3, -0.25) is 19.3 Å². The van der Waals surface area contributed by atoms with Crippen LogP contribution in [0, 0.1) is 17.3 Å². The number of amides is 2. The zero-order chi connectivity index (χ0) is 30.0. The standard InChI is InChI=1S/C32H45N3O6/c1-22(2)20-26-30(38)40-25(23(3)16-17-24-12-7-6-8-13-24)14-11-15-27(36)34-28(35-18-9-10-19-35)29(37)33-21-32(4,5)31(39)41-26/h6-8,11-13,15-17,22-23,25-26,28H,9-10,14,18-21H2,1-5H3,(H,33,37)(H,34,36)/b15-11+,17-16+/t23-,25+,26+,28-/m1/s1. The fourth-order valence-electron chi connectivity index (χ4n) is 4.75. The minimum absolute atomic E-state index is 0.0197. The summed E-state index contributed by atoms with van der Waals surface area (Å²) in [6, 6.07) is 9.78. The number of nitrogens with one attached hydrogen (secondary N) is 2. The summed E-state index contributed by atoms with van der Waals surface area (Å²) < 4.78 is 11.7. The highest BCUT2D eigenvalue weighted by Crippen LogP contribution is 2.23. The van der Waals surface area contributed by atoms with Gasteiger partial charge in [-0.1, -0.05) is 69.3 Å². The van der Waals surface area contributed by atoms with E-state index in [-0.39, 0.29) is 24.8 Å². The second kappa shape index (κ2) is 15.0. The third kappa shape index (κ3) is 9.85. The molecule has 0 spiro atoms. The summed E-state index contributed by atoms with van der Waals surface area (Å²) >= 11 is 0. The Morgan fingerprint density at radius 3 is 2.37 bits per heavy atom. The summed E-state index contributed by atoms with van der Waals surface area (Å²) in [5.74, 6) is -2.19. The second-order valence-electron chi connectivity index (χ2n) is 12.0. The zero-order valence-electron chi connectivity index (χ0n) is 24.9. The largest absolute Gasteiger partial charge is 0.459 e. The van der Waals surface area contributed by atoms with Crippen LogP contribution in [0.3, 0.4) is 0 Å². The number of ether oxygens (including phenoxy) is 2. The van der Waals surface area contributed by atoms with Gasteiger partial charge in [0.05, 0.1) is 5.41 Å².